The molecule has 1 aliphatic carbocycles. The second kappa shape index (κ2) is 7.88. The summed E-state index contributed by atoms with van der Waals surface area (Å²) in [5.41, 5.74) is -0.262. The highest BCUT2D eigenvalue weighted by Crippen LogP contribution is 2.58. The average molecular weight is 396 g/mol. The summed E-state index contributed by atoms with van der Waals surface area (Å²) in [6, 6.07) is 0. The van der Waals surface area contributed by atoms with Gasteiger partial charge in [-0.25, -0.2) is 0 Å². The van der Waals surface area contributed by atoms with Crippen LogP contribution in [0.15, 0.2) is 23.3 Å². The molecule has 3 rings (SSSR count). The van der Waals surface area contributed by atoms with Crippen LogP contribution in [0.25, 0.3) is 0 Å². The number of esters is 1. The molecule has 0 saturated carbocycles. The van der Waals surface area contributed by atoms with Crippen LogP contribution in [-0.2, 0) is 19.0 Å². The normalized spacial score (nSPS) is 37.4. The first-order valence-electron chi connectivity index (χ1n) is 10.0. The van der Waals surface area contributed by atoms with Crippen LogP contribution >= 0.6 is 0 Å². The fraction of sp³-hybridized carbons (Fsp3) is 0.762. The van der Waals surface area contributed by atoms with E-state index in [0.29, 0.717) is 36.8 Å². The lowest BCUT2D eigenvalue weighted by Gasteiger charge is -2.46. The fourth-order valence-corrected chi connectivity index (χ4v) is 4.16. The van der Waals surface area contributed by atoms with E-state index in [0.717, 1.165) is 0 Å². The van der Waals surface area contributed by atoms with Crippen molar-refractivity contribution < 1.29 is 34.3 Å². The molecule has 0 amide bonds. The van der Waals surface area contributed by atoms with E-state index in [1.807, 2.05) is 32.9 Å². The molecule has 2 saturated heterocycles. The number of carbonyl (C=O) groups is 1. The molecule has 0 radical (unpaired) electrons. The third-order valence-corrected chi connectivity index (χ3v) is 6.11. The molecule has 3 N–H and O–H groups in total. The summed E-state index contributed by atoms with van der Waals surface area (Å²) < 4.78 is 17.3. The predicted molar refractivity (Wildman–Crippen MR) is 102 cm³/mol. The van der Waals surface area contributed by atoms with Gasteiger partial charge in [-0.2, -0.15) is 0 Å². The Morgan fingerprint density at radius 2 is 2.07 bits per heavy atom. The Hall–Kier alpha value is -1.25. The molecule has 158 valence electrons. The first kappa shape index (κ1) is 21.5. The van der Waals surface area contributed by atoms with Crippen molar-refractivity contribution in [2.75, 3.05) is 6.61 Å². The van der Waals surface area contributed by atoms with Crippen LogP contribution in [-0.4, -0.2) is 69.6 Å². The molecule has 2 aliphatic heterocycles. The number of ether oxygens (including phenoxy) is 3. The van der Waals surface area contributed by atoms with Crippen LogP contribution in [0.1, 0.15) is 53.4 Å². The Balaban J connectivity index is 1.89. The predicted octanol–water partition coefficient (Wildman–Crippen LogP) is 1.39. The Kier molecular flexibility index (Phi) is 6.04. The van der Waals surface area contributed by atoms with E-state index >= 15 is 0 Å². The Bertz CT molecular complexity index is 668. The fourth-order valence-electron chi connectivity index (χ4n) is 4.16. The molecule has 0 aromatic carbocycles. The number of rotatable bonds is 7. The van der Waals surface area contributed by atoms with E-state index in [1.165, 1.54) is 6.92 Å². The van der Waals surface area contributed by atoms with Crippen molar-refractivity contribution in [1.82, 2.24) is 0 Å². The minimum absolute atomic E-state index is 0.00166. The van der Waals surface area contributed by atoms with Crippen molar-refractivity contribution in [3.8, 4) is 0 Å². The molecule has 1 spiro atoms. The van der Waals surface area contributed by atoms with Crippen molar-refractivity contribution in [1.29, 1.82) is 0 Å². The summed E-state index contributed by atoms with van der Waals surface area (Å²) >= 11 is 0. The van der Waals surface area contributed by atoms with Gasteiger partial charge in [-0.15, -0.1) is 0 Å². The van der Waals surface area contributed by atoms with Crippen LogP contribution in [0.3, 0.4) is 0 Å². The topological polar surface area (TPSA) is 109 Å². The minimum Gasteiger partial charge on any atom is -0.461 e. The number of carbonyl (C=O) groups excluding carboxylic acids is 1. The van der Waals surface area contributed by atoms with Gasteiger partial charge in [-0.05, 0) is 38.7 Å². The van der Waals surface area contributed by atoms with Crippen LogP contribution < -0.4 is 0 Å². The maximum Gasteiger partial charge on any atom is 0.302 e. The molecular formula is C21H32O7. The van der Waals surface area contributed by atoms with Gasteiger partial charge in [0, 0.05) is 18.9 Å². The molecule has 7 nitrogen and oxygen atoms in total. The van der Waals surface area contributed by atoms with Gasteiger partial charge < -0.3 is 29.5 Å². The molecule has 6 atom stereocenters. The van der Waals surface area contributed by atoms with Gasteiger partial charge in [-0.1, -0.05) is 19.1 Å². The lowest BCUT2D eigenvalue weighted by molar-refractivity contribution is -0.191. The first-order valence-corrected chi connectivity index (χ1v) is 10.0. The lowest BCUT2D eigenvalue weighted by atomic mass is 9.72. The van der Waals surface area contributed by atoms with Crippen molar-refractivity contribution in [3.63, 3.8) is 0 Å². The quantitative estimate of drug-likeness (QED) is 0.441. The summed E-state index contributed by atoms with van der Waals surface area (Å²) in [6.07, 6.45) is 3.18. The van der Waals surface area contributed by atoms with Crippen LogP contribution in [0.4, 0.5) is 0 Å². The van der Waals surface area contributed by atoms with E-state index in [1.54, 1.807) is 0 Å². The summed E-state index contributed by atoms with van der Waals surface area (Å²) in [5.74, 6) is -0.417. The molecule has 1 unspecified atom stereocenters. The molecular weight excluding hydrogens is 364 g/mol. The van der Waals surface area contributed by atoms with Gasteiger partial charge >= 0.3 is 5.97 Å². The van der Waals surface area contributed by atoms with Gasteiger partial charge in [0.25, 0.3) is 0 Å². The number of epoxide rings is 1. The Morgan fingerprint density at radius 3 is 2.71 bits per heavy atom. The molecule has 3 aliphatic rings. The zero-order chi connectivity index (χ0) is 20.7. The van der Waals surface area contributed by atoms with Crippen molar-refractivity contribution in [2.24, 2.45) is 0 Å². The van der Waals surface area contributed by atoms with Crippen LogP contribution in [0.2, 0.25) is 0 Å². The molecule has 0 bridgehead atoms. The highest BCUT2D eigenvalue weighted by atomic mass is 16.7. The third kappa shape index (κ3) is 3.91. The number of hydrogen-bond acceptors (Lipinski definition) is 7. The molecule has 7 heteroatoms. The van der Waals surface area contributed by atoms with E-state index in [9.17, 15) is 20.1 Å². The number of aliphatic hydroxyl groups excluding tert-OH is 3. The number of allylic oxidation sites excluding steroid dienone is 1. The molecule has 0 aromatic rings. The van der Waals surface area contributed by atoms with Crippen molar-refractivity contribution >= 4 is 5.97 Å². The summed E-state index contributed by atoms with van der Waals surface area (Å²) in [5, 5.41) is 31.0. The minimum atomic E-state index is -0.883. The van der Waals surface area contributed by atoms with E-state index in [2.05, 4.69) is 0 Å². The van der Waals surface area contributed by atoms with Gasteiger partial charge in [-0.3, -0.25) is 4.79 Å². The van der Waals surface area contributed by atoms with Gasteiger partial charge in [0.2, 0.25) is 0 Å². The third-order valence-electron chi connectivity index (χ3n) is 6.11. The summed E-state index contributed by atoms with van der Waals surface area (Å²) in [6.45, 7) is 6.90. The van der Waals surface area contributed by atoms with Gasteiger partial charge in [0.05, 0.1) is 17.8 Å². The Morgan fingerprint density at radius 1 is 1.36 bits per heavy atom. The van der Waals surface area contributed by atoms with E-state index in [-0.39, 0.29) is 12.7 Å². The second-order valence-corrected chi connectivity index (χ2v) is 8.56. The monoisotopic (exact) mass is 396 g/mol. The number of hydrogen-bond donors (Lipinski definition) is 3. The lowest BCUT2D eigenvalue weighted by Crippen LogP contribution is -2.59. The van der Waals surface area contributed by atoms with Crippen LogP contribution in [0, 0.1) is 0 Å². The van der Waals surface area contributed by atoms with E-state index < -0.39 is 41.6 Å². The number of aliphatic hydroxyl groups is 3. The Labute approximate surface area is 166 Å². The average Bonchev–Trinajstić information content (AvgIpc) is 3.34. The van der Waals surface area contributed by atoms with Crippen molar-refractivity contribution in [3.05, 3.63) is 23.3 Å². The molecule has 0 aromatic heterocycles. The zero-order valence-electron chi connectivity index (χ0n) is 17.1. The highest BCUT2D eigenvalue weighted by Gasteiger charge is 2.72. The second-order valence-electron chi connectivity index (χ2n) is 8.56. The summed E-state index contributed by atoms with van der Waals surface area (Å²) in [4.78, 5) is 11.4. The largest absolute Gasteiger partial charge is 0.461 e. The van der Waals surface area contributed by atoms with E-state index in [4.69, 9.17) is 14.2 Å². The first-order chi connectivity index (χ1) is 13.1. The van der Waals surface area contributed by atoms with Gasteiger partial charge in [0.15, 0.2) is 0 Å². The SMILES string of the molecule is CCC(O)CC/C=C/C1=C(COC(C)=O)[C@@H]2OC(C)(C)[C@@H](O)C[C@@]23O[C@H]3[C@@H]1O. The highest BCUT2D eigenvalue weighted by molar-refractivity contribution is 5.66. The van der Waals surface area contributed by atoms with Crippen LogP contribution in [0.5, 0.6) is 0 Å². The maximum atomic E-state index is 11.4. The smallest absolute Gasteiger partial charge is 0.302 e. The summed E-state index contributed by atoms with van der Waals surface area (Å²) in [7, 11) is 0. The molecule has 2 heterocycles. The van der Waals surface area contributed by atoms with Crippen molar-refractivity contribution in [2.45, 2.75) is 95.1 Å². The maximum absolute atomic E-state index is 11.4. The molecule has 2 fully saturated rings. The standard InChI is InChI=1S/C21H32O7/c1-5-13(23)8-6-7-9-14-15(11-26-12(2)22)18-21(19(28-21)17(14)25)10-16(24)20(3,4)27-18/h7,9,13,16-19,23-25H,5-6,8,10-11H2,1-4H3/b9-7+/t13?,16-,17+,18-,19-,21+/m0/s1. The zero-order valence-corrected chi connectivity index (χ0v) is 17.1. The molecule has 28 heavy (non-hydrogen) atoms. The van der Waals surface area contributed by atoms with Gasteiger partial charge in [0.1, 0.15) is 30.5 Å².